The van der Waals surface area contributed by atoms with Gasteiger partial charge < -0.3 is 15.3 Å². The maximum atomic E-state index is 9.03. The van der Waals surface area contributed by atoms with Gasteiger partial charge in [0.1, 0.15) is 0 Å². The molecule has 0 aliphatic heterocycles. The van der Waals surface area contributed by atoms with Crippen molar-refractivity contribution in [2.24, 2.45) is 5.41 Å². The number of aliphatic hydroxyl groups is 3. The minimum Gasteiger partial charge on any atom is -0.396 e. The van der Waals surface area contributed by atoms with E-state index in [9.17, 15) is 0 Å². The molecule has 0 aliphatic rings. The molecule has 0 rings (SSSR count). The summed E-state index contributed by atoms with van der Waals surface area (Å²) >= 11 is 0. The van der Waals surface area contributed by atoms with Gasteiger partial charge in [-0.15, -0.1) is 0 Å². The van der Waals surface area contributed by atoms with E-state index in [-0.39, 0.29) is 25.2 Å². The molecule has 0 radical (unpaired) electrons. The van der Waals surface area contributed by atoms with Crippen LogP contribution in [0.3, 0.4) is 0 Å². The smallest absolute Gasteiger partial charge is 0.0558 e. The molecular formula is C9H21NO3. The van der Waals surface area contributed by atoms with Crippen molar-refractivity contribution >= 4 is 0 Å². The third-order valence-corrected chi connectivity index (χ3v) is 1.91. The molecule has 0 saturated carbocycles. The van der Waals surface area contributed by atoms with Crippen LogP contribution in [0.4, 0.5) is 0 Å². The maximum absolute atomic E-state index is 9.03. The molecule has 0 aromatic heterocycles. The van der Waals surface area contributed by atoms with E-state index in [1.165, 1.54) is 0 Å². The molecule has 4 nitrogen and oxygen atoms in total. The molecule has 80 valence electrons. The van der Waals surface area contributed by atoms with Gasteiger partial charge in [0, 0.05) is 31.7 Å². The monoisotopic (exact) mass is 191 g/mol. The molecule has 0 aromatic rings. The number of rotatable bonds is 7. The van der Waals surface area contributed by atoms with Crippen LogP contribution < -0.4 is 0 Å². The van der Waals surface area contributed by atoms with E-state index < -0.39 is 0 Å². The first kappa shape index (κ1) is 12.8. The highest BCUT2D eigenvalue weighted by Gasteiger charge is 2.20. The topological polar surface area (TPSA) is 63.9 Å². The van der Waals surface area contributed by atoms with Crippen LogP contribution in [0.15, 0.2) is 0 Å². The van der Waals surface area contributed by atoms with Crippen LogP contribution in [0.5, 0.6) is 0 Å². The van der Waals surface area contributed by atoms with Crippen molar-refractivity contribution < 1.29 is 15.3 Å². The zero-order valence-electron chi connectivity index (χ0n) is 8.53. The Labute approximate surface area is 79.8 Å². The Hall–Kier alpha value is -0.160. The quantitative estimate of drug-likeness (QED) is 0.497. The Morgan fingerprint density at radius 1 is 1.00 bits per heavy atom. The summed E-state index contributed by atoms with van der Waals surface area (Å²) in [6.07, 6.45) is 0. The van der Waals surface area contributed by atoms with Crippen molar-refractivity contribution in [3.8, 4) is 0 Å². The van der Waals surface area contributed by atoms with Gasteiger partial charge in [0.05, 0.1) is 13.2 Å². The summed E-state index contributed by atoms with van der Waals surface area (Å²) in [4.78, 5) is 1.94. The maximum Gasteiger partial charge on any atom is 0.0558 e. The zero-order valence-corrected chi connectivity index (χ0v) is 8.53. The lowest BCUT2D eigenvalue weighted by Gasteiger charge is -2.30. The normalized spacial score (nSPS) is 12.5. The Balaban J connectivity index is 3.92. The first-order valence-electron chi connectivity index (χ1n) is 4.60. The summed E-state index contributed by atoms with van der Waals surface area (Å²) in [5.74, 6) is 0. The molecule has 0 bridgehead atoms. The number of hydrogen-bond acceptors (Lipinski definition) is 4. The Kier molecular flexibility index (Phi) is 6.24. The SMILES string of the molecule is CC(C)(CO)CN(CCO)CCO. The van der Waals surface area contributed by atoms with Gasteiger partial charge in [-0.25, -0.2) is 0 Å². The third-order valence-electron chi connectivity index (χ3n) is 1.91. The van der Waals surface area contributed by atoms with Gasteiger partial charge in [0.15, 0.2) is 0 Å². The summed E-state index contributed by atoms with van der Waals surface area (Å²) in [6.45, 7) is 5.96. The van der Waals surface area contributed by atoms with Crippen LogP contribution in [-0.4, -0.2) is 59.7 Å². The lowest BCUT2D eigenvalue weighted by Crippen LogP contribution is -2.39. The largest absolute Gasteiger partial charge is 0.396 e. The predicted molar refractivity (Wildman–Crippen MR) is 51.5 cm³/mol. The number of hydrogen-bond donors (Lipinski definition) is 3. The molecule has 0 amide bonds. The minimum absolute atomic E-state index is 0.0848. The fourth-order valence-corrected chi connectivity index (χ4v) is 1.21. The molecule has 3 N–H and O–H groups in total. The highest BCUT2D eigenvalue weighted by atomic mass is 16.3. The fraction of sp³-hybridized carbons (Fsp3) is 1.00. The van der Waals surface area contributed by atoms with Crippen LogP contribution in [0, 0.1) is 5.41 Å². The van der Waals surface area contributed by atoms with Crippen molar-refractivity contribution in [1.82, 2.24) is 4.90 Å². The van der Waals surface area contributed by atoms with E-state index in [1.807, 2.05) is 18.7 Å². The van der Waals surface area contributed by atoms with Gasteiger partial charge in [0.2, 0.25) is 0 Å². The van der Waals surface area contributed by atoms with Crippen LogP contribution in [0.25, 0.3) is 0 Å². The molecule has 0 aromatic carbocycles. The third kappa shape index (κ3) is 5.99. The van der Waals surface area contributed by atoms with Gasteiger partial charge >= 0.3 is 0 Å². The molecule has 0 fully saturated rings. The zero-order chi connectivity index (χ0) is 10.3. The molecule has 0 heterocycles. The van der Waals surface area contributed by atoms with Crippen LogP contribution in [-0.2, 0) is 0 Å². The van der Waals surface area contributed by atoms with Crippen molar-refractivity contribution in [3.63, 3.8) is 0 Å². The van der Waals surface area contributed by atoms with E-state index in [1.54, 1.807) is 0 Å². The summed E-state index contributed by atoms with van der Waals surface area (Å²) < 4.78 is 0. The second-order valence-corrected chi connectivity index (χ2v) is 4.05. The van der Waals surface area contributed by atoms with E-state index in [0.717, 1.165) is 0 Å². The first-order chi connectivity index (χ1) is 6.05. The molecule has 0 spiro atoms. The van der Waals surface area contributed by atoms with Gasteiger partial charge in [-0.05, 0) is 0 Å². The molecule has 4 heteroatoms. The molecule has 0 atom stereocenters. The molecular weight excluding hydrogens is 170 g/mol. The fourth-order valence-electron chi connectivity index (χ4n) is 1.21. The van der Waals surface area contributed by atoms with E-state index in [4.69, 9.17) is 15.3 Å². The van der Waals surface area contributed by atoms with Crippen LogP contribution in [0.1, 0.15) is 13.8 Å². The summed E-state index contributed by atoms with van der Waals surface area (Å²) in [5.41, 5.74) is -0.176. The number of nitrogens with zero attached hydrogens (tertiary/aromatic N) is 1. The van der Waals surface area contributed by atoms with Gasteiger partial charge in [-0.3, -0.25) is 4.90 Å². The molecule has 0 saturated heterocycles. The summed E-state index contributed by atoms with van der Waals surface area (Å²) in [7, 11) is 0. The summed E-state index contributed by atoms with van der Waals surface area (Å²) in [6, 6.07) is 0. The van der Waals surface area contributed by atoms with E-state index in [2.05, 4.69) is 0 Å². The van der Waals surface area contributed by atoms with Crippen molar-refractivity contribution in [2.45, 2.75) is 13.8 Å². The van der Waals surface area contributed by atoms with Crippen molar-refractivity contribution in [3.05, 3.63) is 0 Å². The lowest BCUT2D eigenvalue weighted by molar-refractivity contribution is 0.0799. The highest BCUT2D eigenvalue weighted by molar-refractivity contribution is 4.72. The average molecular weight is 191 g/mol. The Morgan fingerprint density at radius 3 is 1.77 bits per heavy atom. The van der Waals surface area contributed by atoms with E-state index >= 15 is 0 Å². The van der Waals surface area contributed by atoms with Crippen molar-refractivity contribution in [2.75, 3.05) is 39.5 Å². The second kappa shape index (κ2) is 6.32. The second-order valence-electron chi connectivity index (χ2n) is 4.05. The predicted octanol–water partition coefficient (Wildman–Crippen LogP) is -0.708. The number of aliphatic hydroxyl groups excluding tert-OH is 3. The molecule has 0 aliphatic carbocycles. The van der Waals surface area contributed by atoms with Gasteiger partial charge in [-0.2, -0.15) is 0 Å². The summed E-state index contributed by atoms with van der Waals surface area (Å²) in [5, 5.41) is 26.5. The minimum atomic E-state index is -0.176. The van der Waals surface area contributed by atoms with Crippen molar-refractivity contribution in [1.29, 1.82) is 0 Å². The molecule has 13 heavy (non-hydrogen) atoms. The Morgan fingerprint density at radius 2 is 1.46 bits per heavy atom. The van der Waals surface area contributed by atoms with Gasteiger partial charge in [0.25, 0.3) is 0 Å². The van der Waals surface area contributed by atoms with Gasteiger partial charge in [-0.1, -0.05) is 13.8 Å². The molecule has 0 unspecified atom stereocenters. The van der Waals surface area contributed by atoms with Crippen LogP contribution >= 0.6 is 0 Å². The average Bonchev–Trinajstić information content (AvgIpc) is 2.05. The van der Waals surface area contributed by atoms with E-state index in [0.29, 0.717) is 19.6 Å². The van der Waals surface area contributed by atoms with Crippen LogP contribution in [0.2, 0.25) is 0 Å². The highest BCUT2D eigenvalue weighted by Crippen LogP contribution is 2.15. The standard InChI is InChI=1S/C9H21NO3/c1-9(2,8-13)7-10(3-5-11)4-6-12/h11-13H,3-8H2,1-2H3. The lowest BCUT2D eigenvalue weighted by atomic mass is 9.94. The first-order valence-corrected chi connectivity index (χ1v) is 4.60. The Bertz CT molecular complexity index is 122.